The van der Waals surface area contributed by atoms with Crippen molar-refractivity contribution in [1.29, 1.82) is 0 Å². The summed E-state index contributed by atoms with van der Waals surface area (Å²) in [5, 5.41) is 2.71. The molecule has 2 aliphatic heterocycles. The van der Waals surface area contributed by atoms with E-state index in [9.17, 15) is 19.2 Å². The summed E-state index contributed by atoms with van der Waals surface area (Å²) in [6.45, 7) is 2.43. The Hall–Kier alpha value is -3.72. The Kier molecular flexibility index (Phi) is 5.67. The maximum atomic E-state index is 12.7. The zero-order valence-corrected chi connectivity index (χ0v) is 18.1. The third-order valence-corrected chi connectivity index (χ3v) is 5.40. The molecular weight excluding hydrogens is 412 g/mol. The summed E-state index contributed by atoms with van der Waals surface area (Å²) in [5.41, 5.74) is 1.58. The summed E-state index contributed by atoms with van der Waals surface area (Å²) in [4.78, 5) is 54.8. The minimum Gasteiger partial charge on any atom is -0.479 e. The van der Waals surface area contributed by atoms with Gasteiger partial charge >= 0.3 is 0 Å². The number of carbonyl (C=O) groups excluding carboxylic acids is 4. The summed E-state index contributed by atoms with van der Waals surface area (Å²) in [6, 6.07) is 11.5. The number of nitrogens with one attached hydrogen (secondary N) is 1. The molecule has 1 N–H and O–H groups in total. The van der Waals surface area contributed by atoms with E-state index in [2.05, 4.69) is 5.32 Å². The number of nitrogens with zero attached hydrogens (tertiary/aromatic N) is 3. The maximum Gasteiger partial charge on any atom is 0.267 e. The molecule has 0 radical (unpaired) electrons. The quantitative estimate of drug-likeness (QED) is 0.691. The Bertz CT molecular complexity index is 1080. The third-order valence-electron chi connectivity index (χ3n) is 5.40. The van der Waals surface area contributed by atoms with Gasteiger partial charge in [-0.15, -0.1) is 0 Å². The largest absolute Gasteiger partial charge is 0.479 e. The maximum absolute atomic E-state index is 12.7. The van der Waals surface area contributed by atoms with Crippen LogP contribution in [0.5, 0.6) is 5.75 Å². The fourth-order valence-electron chi connectivity index (χ4n) is 3.74. The molecule has 2 aliphatic rings. The van der Waals surface area contributed by atoms with Crippen molar-refractivity contribution in [2.75, 3.05) is 43.9 Å². The number of hydrogen-bond donors (Lipinski definition) is 1. The molecule has 2 heterocycles. The monoisotopic (exact) mass is 436 g/mol. The average Bonchev–Trinajstić information content (AvgIpc) is 2.99. The van der Waals surface area contributed by atoms with Gasteiger partial charge in [-0.25, -0.2) is 0 Å². The van der Waals surface area contributed by atoms with Gasteiger partial charge in [0, 0.05) is 18.8 Å². The van der Waals surface area contributed by atoms with E-state index in [4.69, 9.17) is 4.74 Å². The summed E-state index contributed by atoms with van der Waals surface area (Å²) in [7, 11) is 3.84. The summed E-state index contributed by atoms with van der Waals surface area (Å²) < 4.78 is 5.70. The molecular formula is C23H24N4O5. The number of carbonyl (C=O) groups is 4. The topological polar surface area (TPSA) is 99.3 Å². The second kappa shape index (κ2) is 8.43. The van der Waals surface area contributed by atoms with E-state index in [1.165, 1.54) is 0 Å². The zero-order chi connectivity index (χ0) is 23.0. The number of hydrogen-bond acceptors (Lipinski definition) is 6. The van der Waals surface area contributed by atoms with Crippen molar-refractivity contribution < 1.29 is 23.9 Å². The zero-order valence-electron chi connectivity index (χ0n) is 18.1. The van der Waals surface area contributed by atoms with Crippen LogP contribution in [-0.2, 0) is 9.59 Å². The highest BCUT2D eigenvalue weighted by molar-refractivity contribution is 6.22. The lowest BCUT2D eigenvalue weighted by Crippen LogP contribution is -2.46. The van der Waals surface area contributed by atoms with Gasteiger partial charge in [0.05, 0.1) is 16.8 Å². The molecule has 4 amide bonds. The van der Waals surface area contributed by atoms with Crippen LogP contribution in [0.4, 0.5) is 11.4 Å². The van der Waals surface area contributed by atoms with Crippen LogP contribution in [0.1, 0.15) is 27.6 Å². The van der Waals surface area contributed by atoms with Crippen molar-refractivity contribution in [3.63, 3.8) is 0 Å². The number of rotatable bonds is 6. The van der Waals surface area contributed by atoms with Gasteiger partial charge in [0.2, 0.25) is 5.91 Å². The van der Waals surface area contributed by atoms with Crippen molar-refractivity contribution in [2.24, 2.45) is 0 Å². The van der Waals surface area contributed by atoms with Crippen LogP contribution in [0.3, 0.4) is 0 Å². The second-order valence-electron chi connectivity index (χ2n) is 8.03. The third kappa shape index (κ3) is 3.94. The first-order chi connectivity index (χ1) is 15.3. The van der Waals surface area contributed by atoms with E-state index in [1.54, 1.807) is 54.3 Å². The van der Waals surface area contributed by atoms with E-state index in [0.29, 0.717) is 41.3 Å². The Morgan fingerprint density at radius 2 is 1.69 bits per heavy atom. The Morgan fingerprint density at radius 3 is 2.31 bits per heavy atom. The summed E-state index contributed by atoms with van der Waals surface area (Å²) >= 11 is 0. The number of likely N-dealkylation sites (N-methyl/N-ethyl adjacent to an activating group) is 1. The molecule has 0 bridgehead atoms. The minimum atomic E-state index is -0.598. The lowest BCUT2D eigenvalue weighted by atomic mass is 10.1. The van der Waals surface area contributed by atoms with Gasteiger partial charge in [-0.1, -0.05) is 12.1 Å². The van der Waals surface area contributed by atoms with Crippen LogP contribution < -0.4 is 15.0 Å². The van der Waals surface area contributed by atoms with Crippen LogP contribution in [-0.4, -0.2) is 73.3 Å². The minimum absolute atomic E-state index is 0.158. The molecule has 0 saturated carbocycles. The van der Waals surface area contributed by atoms with Crippen molar-refractivity contribution in [2.45, 2.75) is 13.0 Å². The molecule has 9 heteroatoms. The van der Waals surface area contributed by atoms with Crippen LogP contribution in [0.15, 0.2) is 42.5 Å². The lowest BCUT2D eigenvalue weighted by Gasteiger charge is -2.34. The Morgan fingerprint density at radius 1 is 1.03 bits per heavy atom. The molecule has 2 aromatic rings. The van der Waals surface area contributed by atoms with Crippen LogP contribution in [0, 0.1) is 0 Å². The molecule has 0 fully saturated rings. The predicted octanol–water partition coefficient (Wildman–Crippen LogP) is 1.60. The Balaban J connectivity index is 1.50. The molecule has 0 aromatic heterocycles. The smallest absolute Gasteiger partial charge is 0.267 e. The van der Waals surface area contributed by atoms with Crippen molar-refractivity contribution in [3.05, 3.63) is 53.6 Å². The lowest BCUT2D eigenvalue weighted by molar-refractivity contribution is -0.125. The summed E-state index contributed by atoms with van der Waals surface area (Å²) in [6.07, 6.45) is -0.598. The molecule has 9 nitrogen and oxygen atoms in total. The van der Waals surface area contributed by atoms with Crippen molar-refractivity contribution in [3.8, 4) is 5.75 Å². The number of imide groups is 1. The SMILES string of the molecule is CC1Oc2ccc(NC(=O)CN3C(=O)c4ccccc4C3=O)cc2N(CCN(C)C)C1=O. The number of amides is 4. The molecule has 32 heavy (non-hydrogen) atoms. The van der Waals surface area contributed by atoms with Gasteiger partial charge in [0.15, 0.2) is 6.10 Å². The van der Waals surface area contributed by atoms with Gasteiger partial charge in [-0.3, -0.25) is 24.1 Å². The molecule has 1 atom stereocenters. The van der Waals surface area contributed by atoms with Gasteiger partial charge in [-0.2, -0.15) is 0 Å². The van der Waals surface area contributed by atoms with Gasteiger partial charge < -0.3 is 19.9 Å². The van der Waals surface area contributed by atoms with E-state index in [1.807, 2.05) is 19.0 Å². The highest BCUT2D eigenvalue weighted by Gasteiger charge is 2.36. The van der Waals surface area contributed by atoms with Crippen LogP contribution in [0.2, 0.25) is 0 Å². The van der Waals surface area contributed by atoms with Gasteiger partial charge in [0.1, 0.15) is 12.3 Å². The Labute approximate surface area is 185 Å². The molecule has 166 valence electrons. The fraction of sp³-hybridized carbons (Fsp3) is 0.304. The van der Waals surface area contributed by atoms with Crippen molar-refractivity contribution >= 4 is 35.0 Å². The number of ether oxygens (including phenoxy) is 1. The fourth-order valence-corrected chi connectivity index (χ4v) is 3.74. The van der Waals surface area contributed by atoms with Crippen LogP contribution in [0.25, 0.3) is 0 Å². The predicted molar refractivity (Wildman–Crippen MR) is 118 cm³/mol. The average molecular weight is 436 g/mol. The number of fused-ring (bicyclic) bond motifs is 2. The highest BCUT2D eigenvalue weighted by atomic mass is 16.5. The summed E-state index contributed by atoms with van der Waals surface area (Å²) in [5.74, 6) is -1.11. The normalized spacial score (nSPS) is 17.4. The van der Waals surface area contributed by atoms with Gasteiger partial charge in [0.25, 0.3) is 17.7 Å². The molecule has 0 aliphatic carbocycles. The second-order valence-corrected chi connectivity index (χ2v) is 8.03. The van der Waals surface area contributed by atoms with E-state index in [0.717, 1.165) is 4.90 Å². The molecule has 1 unspecified atom stereocenters. The van der Waals surface area contributed by atoms with E-state index < -0.39 is 30.4 Å². The molecule has 2 aromatic carbocycles. The number of benzene rings is 2. The molecule has 4 rings (SSSR count). The highest BCUT2D eigenvalue weighted by Crippen LogP contribution is 2.36. The standard InChI is InChI=1S/C23H24N4O5/c1-14-21(29)26(11-10-25(2)3)18-12-15(8-9-19(18)32-14)24-20(28)13-27-22(30)16-6-4-5-7-17(16)23(27)31/h4-9,12,14H,10-11,13H2,1-3H3,(H,24,28). The van der Waals surface area contributed by atoms with Crippen molar-refractivity contribution in [1.82, 2.24) is 9.80 Å². The van der Waals surface area contributed by atoms with E-state index >= 15 is 0 Å². The number of anilines is 2. The molecule has 0 spiro atoms. The van der Waals surface area contributed by atoms with Gasteiger partial charge in [-0.05, 0) is 51.4 Å². The first-order valence-corrected chi connectivity index (χ1v) is 10.3. The first kappa shape index (κ1) is 21.5. The molecule has 0 saturated heterocycles. The first-order valence-electron chi connectivity index (χ1n) is 10.3. The van der Waals surface area contributed by atoms with Crippen LogP contribution >= 0.6 is 0 Å². The van der Waals surface area contributed by atoms with E-state index in [-0.39, 0.29) is 5.91 Å².